The Labute approximate surface area is 236 Å². The first-order valence-electron chi connectivity index (χ1n) is 13.1. The summed E-state index contributed by atoms with van der Waals surface area (Å²) in [5.41, 5.74) is 12.6. The zero-order valence-corrected chi connectivity index (χ0v) is 22.2. The molecule has 0 spiro atoms. The summed E-state index contributed by atoms with van der Waals surface area (Å²) in [5.74, 6) is 0.433. The number of fused-ring (bicyclic) bond motifs is 1. The third-order valence-corrected chi connectivity index (χ3v) is 6.77. The molecule has 0 unspecified atom stereocenters. The molecule has 5 aromatic rings. The number of aromatic nitrogens is 3. The summed E-state index contributed by atoms with van der Waals surface area (Å²) >= 11 is 0. The van der Waals surface area contributed by atoms with Crippen LogP contribution in [0.25, 0.3) is 27.9 Å². The molecule has 11 heteroatoms. The van der Waals surface area contributed by atoms with Gasteiger partial charge in [-0.05, 0) is 41.0 Å². The Bertz CT molecular complexity index is 1620. The van der Waals surface area contributed by atoms with Crippen LogP contribution in [0.5, 0.6) is 0 Å². The minimum Gasteiger partial charge on any atom is -0.463 e. The number of anilines is 2. The number of piperazine rings is 1. The number of nitro benzene ring substituents is 1. The predicted molar refractivity (Wildman–Crippen MR) is 157 cm³/mol. The topological polar surface area (TPSA) is 141 Å². The molecule has 0 atom stereocenters. The lowest BCUT2D eigenvalue weighted by Gasteiger charge is -2.29. The van der Waals surface area contributed by atoms with E-state index >= 15 is 0 Å². The number of hydrogen-bond acceptors (Lipinski definition) is 9. The Kier molecular flexibility index (Phi) is 8.46. The monoisotopic (exact) mass is 551 g/mol. The number of nitrogens with two attached hydrogens (primary N) is 1. The molecule has 3 N–H and O–H groups in total. The van der Waals surface area contributed by atoms with E-state index in [1.54, 1.807) is 29.0 Å². The van der Waals surface area contributed by atoms with E-state index in [2.05, 4.69) is 49.3 Å². The summed E-state index contributed by atoms with van der Waals surface area (Å²) in [6, 6.07) is 24.2. The average Bonchev–Trinajstić information content (AvgIpc) is 3.47. The molecule has 3 aromatic carbocycles. The molecule has 0 radical (unpaired) electrons. The first kappa shape index (κ1) is 27.3. The van der Waals surface area contributed by atoms with Crippen molar-refractivity contribution in [1.29, 1.82) is 0 Å². The lowest BCUT2D eigenvalue weighted by atomic mass is 10.1. The summed E-state index contributed by atoms with van der Waals surface area (Å²) < 4.78 is 6.15. The van der Waals surface area contributed by atoms with Crippen LogP contribution in [0.2, 0.25) is 0 Å². The third-order valence-electron chi connectivity index (χ3n) is 6.77. The summed E-state index contributed by atoms with van der Waals surface area (Å²) in [4.78, 5) is 27.2. The second-order valence-electron chi connectivity index (χ2n) is 9.33. The normalized spacial score (nSPS) is 12.8. The van der Waals surface area contributed by atoms with Crippen LogP contribution in [0.1, 0.15) is 5.56 Å². The Morgan fingerprint density at radius 2 is 1.59 bits per heavy atom. The third kappa shape index (κ3) is 6.31. The van der Waals surface area contributed by atoms with Crippen LogP contribution >= 0.6 is 0 Å². The van der Waals surface area contributed by atoms with E-state index in [9.17, 15) is 14.9 Å². The molecular formula is C30H29N7O4. The zero-order valence-electron chi connectivity index (χ0n) is 22.2. The van der Waals surface area contributed by atoms with E-state index in [0.29, 0.717) is 30.1 Å². The van der Waals surface area contributed by atoms with E-state index in [0.717, 1.165) is 48.4 Å². The number of nitrogens with one attached hydrogen (secondary N) is 1. The number of nitrogens with zero attached hydrogens (tertiary/aromatic N) is 5. The van der Waals surface area contributed by atoms with Crippen molar-refractivity contribution >= 4 is 29.3 Å². The molecule has 1 fully saturated rings. The Morgan fingerprint density at radius 3 is 2.24 bits per heavy atom. The van der Waals surface area contributed by atoms with Gasteiger partial charge in [-0.2, -0.15) is 9.61 Å². The highest BCUT2D eigenvalue weighted by Gasteiger charge is 2.16. The quantitative estimate of drug-likeness (QED) is 0.172. The van der Waals surface area contributed by atoms with E-state index in [1.165, 1.54) is 17.8 Å². The van der Waals surface area contributed by atoms with Crippen LogP contribution in [0.15, 0.2) is 91.3 Å². The number of rotatable bonds is 7. The van der Waals surface area contributed by atoms with Gasteiger partial charge < -0.3 is 20.7 Å². The van der Waals surface area contributed by atoms with Crippen molar-refractivity contribution in [2.75, 3.05) is 36.8 Å². The van der Waals surface area contributed by atoms with Crippen LogP contribution in [-0.4, -0.2) is 52.2 Å². The number of carbonyl (C=O) groups is 1. The van der Waals surface area contributed by atoms with Crippen LogP contribution in [-0.2, 0) is 16.1 Å². The maximum Gasteiger partial charge on any atom is 0.293 e. The van der Waals surface area contributed by atoms with Crippen molar-refractivity contribution in [2.24, 2.45) is 0 Å². The fourth-order valence-corrected chi connectivity index (χ4v) is 4.62. The maximum absolute atomic E-state index is 10.9. The fourth-order valence-electron chi connectivity index (χ4n) is 4.62. The molecule has 0 saturated carbocycles. The van der Waals surface area contributed by atoms with Gasteiger partial charge in [-0.25, -0.2) is 4.98 Å². The largest absolute Gasteiger partial charge is 0.463 e. The van der Waals surface area contributed by atoms with Crippen molar-refractivity contribution in [3.05, 3.63) is 107 Å². The maximum atomic E-state index is 10.9. The highest BCUT2D eigenvalue weighted by atomic mass is 16.6. The Morgan fingerprint density at radius 1 is 0.927 bits per heavy atom. The number of ether oxygens (including phenoxy) is 1. The van der Waals surface area contributed by atoms with Gasteiger partial charge in [0.1, 0.15) is 12.4 Å². The van der Waals surface area contributed by atoms with Crippen LogP contribution in [0, 0.1) is 10.1 Å². The summed E-state index contributed by atoms with van der Waals surface area (Å²) in [5, 5.41) is 18.7. The van der Waals surface area contributed by atoms with Crippen molar-refractivity contribution in [3.63, 3.8) is 0 Å². The number of hydrogen-bond donors (Lipinski definition) is 2. The fraction of sp³-hybridized carbons (Fsp3) is 0.167. The number of benzene rings is 3. The van der Waals surface area contributed by atoms with Crippen LogP contribution in [0.4, 0.5) is 17.2 Å². The minimum absolute atomic E-state index is 0.0296. The van der Waals surface area contributed by atoms with Crippen molar-refractivity contribution in [3.8, 4) is 22.3 Å². The van der Waals surface area contributed by atoms with Crippen molar-refractivity contribution in [2.45, 2.75) is 6.61 Å². The minimum atomic E-state index is -0.429. The molecule has 3 heterocycles. The molecule has 1 aliphatic rings. The molecule has 1 saturated heterocycles. The molecule has 6 rings (SSSR count). The SMILES string of the molecule is Nc1c(-c2ccc([N+](=O)[O-])cc2)cnc2c(-c3ccc(N4CCNCC4)cc3)cnn12.O=COCc1ccccc1. The van der Waals surface area contributed by atoms with Crippen molar-refractivity contribution in [1.82, 2.24) is 19.9 Å². The predicted octanol–water partition coefficient (Wildman–Crippen LogP) is 4.32. The zero-order chi connectivity index (χ0) is 28.6. The Hall–Kier alpha value is -5.29. The number of nitrogen functional groups attached to an aromatic ring is 1. The standard InChI is InChI=1S/C22H21N7O2.C8H8O2/c23-21-19(15-3-7-18(8-4-15)29(30)31)13-25-22-20(14-26-28(21)22)16-1-5-17(6-2-16)27-11-9-24-10-12-27;9-7-10-6-8-4-2-1-3-5-8/h1-8,13-14,24H,9-12,23H2;1-5,7H,6H2. The summed E-state index contributed by atoms with van der Waals surface area (Å²) in [6.45, 7) is 4.81. The van der Waals surface area contributed by atoms with Gasteiger partial charge in [-0.3, -0.25) is 14.9 Å². The van der Waals surface area contributed by atoms with Gasteiger partial charge in [-0.1, -0.05) is 42.5 Å². The second kappa shape index (κ2) is 12.7. The number of carbonyl (C=O) groups excluding carboxylic acids is 1. The van der Waals surface area contributed by atoms with Gasteiger partial charge in [0, 0.05) is 61.3 Å². The molecule has 0 aliphatic carbocycles. The first-order chi connectivity index (χ1) is 20.0. The van der Waals surface area contributed by atoms with E-state index in [-0.39, 0.29) is 5.69 Å². The number of non-ortho nitro benzene ring substituents is 1. The molecule has 0 bridgehead atoms. The summed E-state index contributed by atoms with van der Waals surface area (Å²) in [7, 11) is 0. The Balaban J connectivity index is 0.000000287. The van der Waals surface area contributed by atoms with Gasteiger partial charge in [-0.15, -0.1) is 0 Å². The molecule has 41 heavy (non-hydrogen) atoms. The molecular weight excluding hydrogens is 522 g/mol. The second-order valence-corrected chi connectivity index (χ2v) is 9.33. The van der Waals surface area contributed by atoms with E-state index in [4.69, 9.17) is 5.73 Å². The highest BCUT2D eigenvalue weighted by molar-refractivity contribution is 5.82. The number of nitro groups is 1. The lowest BCUT2D eigenvalue weighted by Crippen LogP contribution is -2.43. The van der Waals surface area contributed by atoms with Crippen LogP contribution < -0.4 is 16.0 Å². The molecule has 2 aromatic heterocycles. The van der Waals surface area contributed by atoms with Gasteiger partial charge >= 0.3 is 0 Å². The molecule has 0 amide bonds. The highest BCUT2D eigenvalue weighted by Crippen LogP contribution is 2.31. The van der Waals surface area contributed by atoms with E-state index < -0.39 is 4.92 Å². The van der Waals surface area contributed by atoms with Gasteiger partial charge in [0.25, 0.3) is 12.2 Å². The summed E-state index contributed by atoms with van der Waals surface area (Å²) in [6.07, 6.45) is 3.45. The first-order valence-corrected chi connectivity index (χ1v) is 13.1. The van der Waals surface area contributed by atoms with Gasteiger partial charge in [0.2, 0.25) is 0 Å². The van der Waals surface area contributed by atoms with Crippen molar-refractivity contribution < 1.29 is 14.5 Å². The lowest BCUT2D eigenvalue weighted by molar-refractivity contribution is -0.384. The van der Waals surface area contributed by atoms with Gasteiger partial charge in [0.15, 0.2) is 5.65 Å². The smallest absolute Gasteiger partial charge is 0.293 e. The average molecular weight is 552 g/mol. The molecule has 208 valence electrons. The molecule has 1 aliphatic heterocycles. The van der Waals surface area contributed by atoms with Crippen LogP contribution in [0.3, 0.4) is 0 Å². The van der Waals surface area contributed by atoms with E-state index in [1.807, 2.05) is 30.3 Å². The van der Waals surface area contributed by atoms with Gasteiger partial charge in [0.05, 0.1) is 11.1 Å². The molecule has 11 nitrogen and oxygen atoms in total.